The van der Waals surface area contributed by atoms with Gasteiger partial charge < -0.3 is 10.1 Å². The van der Waals surface area contributed by atoms with Gasteiger partial charge in [-0.2, -0.15) is 0 Å². The number of hydrogen-bond donors (Lipinski definition) is 2. The second-order valence-electron chi connectivity index (χ2n) is 6.95. The molecule has 0 spiro atoms. The average Bonchev–Trinajstić information content (AvgIpc) is 3.37. The number of nitrogens with zero attached hydrogens (tertiary/aromatic N) is 1. The lowest BCUT2D eigenvalue weighted by molar-refractivity contribution is -0.117. The van der Waals surface area contributed by atoms with E-state index in [-0.39, 0.29) is 17.7 Å². The SMILES string of the molecule is O=C(Nc1nc2ccc(Oc3ccccc3)cc2s1)c1ccc(NC(=O)C2CC2)s1. The van der Waals surface area contributed by atoms with Crippen LogP contribution < -0.4 is 15.4 Å². The molecule has 30 heavy (non-hydrogen) atoms. The molecule has 2 aromatic carbocycles. The van der Waals surface area contributed by atoms with Crippen LogP contribution in [0.3, 0.4) is 0 Å². The van der Waals surface area contributed by atoms with Gasteiger partial charge in [0.25, 0.3) is 5.91 Å². The molecule has 0 unspecified atom stereocenters. The lowest BCUT2D eigenvalue weighted by Gasteiger charge is -2.04. The highest BCUT2D eigenvalue weighted by Crippen LogP contribution is 2.33. The molecule has 5 rings (SSSR count). The molecule has 1 aliphatic rings. The molecule has 2 aromatic heterocycles. The fraction of sp³-hybridized carbons (Fsp3) is 0.136. The Morgan fingerprint density at radius 3 is 2.57 bits per heavy atom. The Hall–Kier alpha value is -3.23. The van der Waals surface area contributed by atoms with Crippen LogP contribution in [0.2, 0.25) is 0 Å². The topological polar surface area (TPSA) is 80.3 Å². The summed E-state index contributed by atoms with van der Waals surface area (Å²) in [5.41, 5.74) is 0.791. The van der Waals surface area contributed by atoms with Crippen LogP contribution in [0.15, 0.2) is 60.7 Å². The van der Waals surface area contributed by atoms with Gasteiger partial charge in [-0.15, -0.1) is 11.3 Å². The van der Waals surface area contributed by atoms with Crippen LogP contribution >= 0.6 is 22.7 Å². The van der Waals surface area contributed by atoms with Crippen LogP contribution in [0.25, 0.3) is 10.2 Å². The van der Waals surface area contributed by atoms with E-state index in [2.05, 4.69) is 15.6 Å². The minimum absolute atomic E-state index is 0.0310. The van der Waals surface area contributed by atoms with Crippen molar-refractivity contribution in [3.63, 3.8) is 0 Å². The quantitative estimate of drug-likeness (QED) is 0.404. The van der Waals surface area contributed by atoms with Crippen molar-refractivity contribution in [2.75, 3.05) is 10.6 Å². The molecule has 6 nitrogen and oxygen atoms in total. The zero-order valence-electron chi connectivity index (χ0n) is 15.8. The summed E-state index contributed by atoms with van der Waals surface area (Å²) in [6, 6.07) is 18.7. The van der Waals surface area contributed by atoms with Crippen molar-refractivity contribution in [3.8, 4) is 11.5 Å². The van der Waals surface area contributed by atoms with Crippen LogP contribution in [-0.4, -0.2) is 16.8 Å². The zero-order valence-corrected chi connectivity index (χ0v) is 17.4. The van der Waals surface area contributed by atoms with Crippen molar-refractivity contribution >= 4 is 54.8 Å². The molecular formula is C22H17N3O3S2. The van der Waals surface area contributed by atoms with E-state index in [0.717, 1.165) is 28.8 Å². The van der Waals surface area contributed by atoms with Crippen molar-refractivity contribution in [2.45, 2.75) is 12.8 Å². The molecule has 4 aromatic rings. The summed E-state index contributed by atoms with van der Waals surface area (Å²) in [5, 5.41) is 6.91. The molecule has 1 fully saturated rings. The predicted octanol–water partition coefficient (Wildman–Crippen LogP) is 5.75. The number of anilines is 2. The number of ether oxygens (including phenoxy) is 1. The smallest absolute Gasteiger partial charge is 0.267 e. The average molecular weight is 436 g/mol. The minimum Gasteiger partial charge on any atom is -0.457 e. The molecule has 8 heteroatoms. The van der Waals surface area contributed by atoms with Gasteiger partial charge in [-0.3, -0.25) is 14.9 Å². The highest BCUT2D eigenvalue weighted by atomic mass is 32.1. The van der Waals surface area contributed by atoms with Gasteiger partial charge in [0.1, 0.15) is 11.5 Å². The van der Waals surface area contributed by atoms with Crippen molar-refractivity contribution in [1.29, 1.82) is 0 Å². The van der Waals surface area contributed by atoms with Gasteiger partial charge >= 0.3 is 0 Å². The summed E-state index contributed by atoms with van der Waals surface area (Å²) >= 11 is 2.64. The Morgan fingerprint density at radius 1 is 0.933 bits per heavy atom. The Balaban J connectivity index is 1.27. The number of rotatable bonds is 6. The number of thiophene rings is 1. The Kier molecular flexibility index (Phi) is 4.94. The van der Waals surface area contributed by atoms with E-state index in [1.54, 1.807) is 12.1 Å². The molecule has 2 amide bonds. The molecule has 0 bridgehead atoms. The van der Waals surface area contributed by atoms with E-state index >= 15 is 0 Å². The predicted molar refractivity (Wildman–Crippen MR) is 120 cm³/mol. The van der Waals surface area contributed by atoms with Gasteiger partial charge in [-0.1, -0.05) is 29.5 Å². The number of para-hydroxylation sites is 1. The number of thiazole rings is 1. The third-order valence-electron chi connectivity index (χ3n) is 4.58. The highest BCUT2D eigenvalue weighted by Gasteiger charge is 2.29. The molecular weight excluding hydrogens is 418 g/mol. The van der Waals surface area contributed by atoms with Crippen LogP contribution in [-0.2, 0) is 4.79 Å². The second kappa shape index (κ2) is 7.89. The number of nitrogens with one attached hydrogen (secondary N) is 2. The molecule has 0 aliphatic heterocycles. The number of aromatic nitrogens is 1. The first kappa shape index (κ1) is 18.8. The Bertz CT molecular complexity index is 1230. The molecule has 0 atom stereocenters. The zero-order chi connectivity index (χ0) is 20.5. The number of benzene rings is 2. The molecule has 0 radical (unpaired) electrons. The van der Waals surface area contributed by atoms with E-state index in [1.165, 1.54) is 22.7 Å². The van der Waals surface area contributed by atoms with Gasteiger partial charge in [0.15, 0.2) is 5.13 Å². The number of fused-ring (bicyclic) bond motifs is 1. The monoisotopic (exact) mass is 435 g/mol. The van der Waals surface area contributed by atoms with Crippen LogP contribution in [0, 0.1) is 5.92 Å². The maximum Gasteiger partial charge on any atom is 0.267 e. The number of carbonyl (C=O) groups is 2. The molecule has 2 N–H and O–H groups in total. The number of carbonyl (C=O) groups excluding carboxylic acids is 2. The maximum atomic E-state index is 12.6. The van der Waals surface area contributed by atoms with E-state index in [9.17, 15) is 9.59 Å². The van der Waals surface area contributed by atoms with E-state index in [4.69, 9.17) is 4.74 Å². The molecule has 2 heterocycles. The van der Waals surface area contributed by atoms with Crippen molar-refractivity contribution in [2.24, 2.45) is 5.92 Å². The van der Waals surface area contributed by atoms with E-state index in [1.807, 2.05) is 48.5 Å². The fourth-order valence-electron chi connectivity index (χ4n) is 2.90. The summed E-state index contributed by atoms with van der Waals surface area (Å²) in [6.07, 6.45) is 1.89. The van der Waals surface area contributed by atoms with Crippen molar-refractivity contribution < 1.29 is 14.3 Å². The maximum absolute atomic E-state index is 12.6. The highest BCUT2D eigenvalue weighted by molar-refractivity contribution is 7.22. The third-order valence-corrected chi connectivity index (χ3v) is 6.52. The molecule has 0 saturated heterocycles. The van der Waals surface area contributed by atoms with Crippen molar-refractivity contribution in [1.82, 2.24) is 4.98 Å². The minimum atomic E-state index is -0.244. The third kappa shape index (κ3) is 4.19. The fourth-order valence-corrected chi connectivity index (χ4v) is 4.60. The summed E-state index contributed by atoms with van der Waals surface area (Å²) in [5.74, 6) is 1.39. The summed E-state index contributed by atoms with van der Waals surface area (Å²) in [4.78, 5) is 29.4. The van der Waals surface area contributed by atoms with E-state index in [0.29, 0.717) is 20.8 Å². The first-order chi connectivity index (χ1) is 14.6. The van der Waals surface area contributed by atoms with Gasteiger partial charge in [-0.25, -0.2) is 4.98 Å². The first-order valence-corrected chi connectivity index (χ1v) is 11.1. The van der Waals surface area contributed by atoms with Gasteiger partial charge in [0, 0.05) is 12.0 Å². The summed E-state index contributed by atoms with van der Waals surface area (Å²) < 4.78 is 6.78. The number of amides is 2. The molecule has 150 valence electrons. The van der Waals surface area contributed by atoms with E-state index < -0.39 is 0 Å². The van der Waals surface area contributed by atoms with Gasteiger partial charge in [-0.05, 0) is 49.2 Å². The lowest BCUT2D eigenvalue weighted by Crippen LogP contribution is -2.12. The van der Waals surface area contributed by atoms with Crippen LogP contribution in [0.5, 0.6) is 11.5 Å². The van der Waals surface area contributed by atoms with Crippen molar-refractivity contribution in [3.05, 3.63) is 65.5 Å². The standard InChI is InChI=1S/C22H17N3O3S2/c26-20(13-6-7-13)24-19-11-10-17(29-19)21(27)25-22-23-16-9-8-15(12-18(16)30-22)28-14-4-2-1-3-5-14/h1-5,8-13H,6-7H2,(H,24,26)(H,23,25,27). The normalized spacial score (nSPS) is 13.2. The number of hydrogen-bond acceptors (Lipinski definition) is 6. The second-order valence-corrected chi connectivity index (χ2v) is 9.06. The van der Waals surface area contributed by atoms with Crippen LogP contribution in [0.1, 0.15) is 22.5 Å². The largest absolute Gasteiger partial charge is 0.457 e. The summed E-state index contributed by atoms with van der Waals surface area (Å²) in [6.45, 7) is 0. The molecule has 1 aliphatic carbocycles. The van der Waals surface area contributed by atoms with Crippen LogP contribution in [0.4, 0.5) is 10.1 Å². The lowest BCUT2D eigenvalue weighted by atomic mass is 10.3. The first-order valence-electron chi connectivity index (χ1n) is 9.49. The molecule has 1 saturated carbocycles. The van der Waals surface area contributed by atoms with Gasteiger partial charge in [0.2, 0.25) is 5.91 Å². The van der Waals surface area contributed by atoms with Gasteiger partial charge in [0.05, 0.1) is 20.1 Å². The Labute approximate surface area is 180 Å². The summed E-state index contributed by atoms with van der Waals surface area (Å²) in [7, 11) is 0. The Morgan fingerprint density at radius 2 is 1.77 bits per heavy atom.